The lowest BCUT2D eigenvalue weighted by Gasteiger charge is -2.12. The predicted molar refractivity (Wildman–Crippen MR) is 101 cm³/mol. The molecule has 0 aliphatic rings. The Morgan fingerprint density at radius 3 is 2.59 bits per heavy atom. The van der Waals surface area contributed by atoms with Gasteiger partial charge in [0, 0.05) is 24.4 Å². The number of hydrogen-bond donors (Lipinski definition) is 3. The molecular weight excluding hydrogens is 387 g/mol. The van der Waals surface area contributed by atoms with Crippen LogP contribution < -0.4 is 15.4 Å². The lowest BCUT2D eigenvalue weighted by atomic mass is 10.1. The Kier molecular flexibility index (Phi) is 6.45. The molecule has 3 aromatic rings. The van der Waals surface area contributed by atoms with Crippen LogP contribution in [0.15, 0.2) is 54.7 Å². The second-order valence-corrected chi connectivity index (χ2v) is 5.86. The van der Waals surface area contributed by atoms with Gasteiger partial charge in [-0.2, -0.15) is 4.98 Å². The van der Waals surface area contributed by atoms with E-state index in [1.165, 1.54) is 18.2 Å². The summed E-state index contributed by atoms with van der Waals surface area (Å²) in [5, 5.41) is 15.0. The van der Waals surface area contributed by atoms with Gasteiger partial charge < -0.3 is 20.5 Å². The molecule has 29 heavy (non-hydrogen) atoms. The first kappa shape index (κ1) is 20.3. The van der Waals surface area contributed by atoms with E-state index in [-0.39, 0.29) is 24.8 Å². The number of aliphatic hydroxyl groups is 1. The molecule has 0 unspecified atom stereocenters. The number of pyridine rings is 1. The van der Waals surface area contributed by atoms with Crippen LogP contribution in [0.5, 0.6) is 5.75 Å². The number of rotatable bonds is 8. The van der Waals surface area contributed by atoms with E-state index in [9.17, 15) is 13.2 Å². The number of nitrogens with zero attached hydrogens (tertiary/aromatic N) is 3. The maximum atomic E-state index is 12.5. The highest BCUT2D eigenvalue weighted by molar-refractivity contribution is 5.66. The second kappa shape index (κ2) is 9.20. The van der Waals surface area contributed by atoms with Gasteiger partial charge in [0.05, 0.1) is 24.5 Å². The number of alkyl halides is 3. The summed E-state index contributed by atoms with van der Waals surface area (Å²) in [6, 6.07) is 12.6. The summed E-state index contributed by atoms with van der Waals surface area (Å²) in [5.74, 6) is 0.326. The first-order chi connectivity index (χ1) is 13.9. The molecule has 152 valence electrons. The monoisotopic (exact) mass is 405 g/mol. The van der Waals surface area contributed by atoms with Gasteiger partial charge in [-0.3, -0.25) is 4.98 Å². The van der Waals surface area contributed by atoms with Crippen LogP contribution >= 0.6 is 0 Å². The first-order valence-corrected chi connectivity index (χ1v) is 8.67. The van der Waals surface area contributed by atoms with Crippen LogP contribution in [-0.4, -0.2) is 39.6 Å². The number of aromatic nitrogens is 3. The number of nitrogens with one attached hydrogen (secondary N) is 2. The average Bonchev–Trinajstić information content (AvgIpc) is 2.70. The molecule has 0 bridgehead atoms. The van der Waals surface area contributed by atoms with E-state index in [0.717, 1.165) is 5.69 Å². The molecule has 7 nitrogen and oxygen atoms in total. The highest BCUT2D eigenvalue weighted by Crippen LogP contribution is 2.28. The Labute approximate surface area is 164 Å². The molecule has 0 aliphatic carbocycles. The van der Waals surface area contributed by atoms with Crippen LogP contribution in [0.4, 0.5) is 24.9 Å². The molecule has 2 aromatic heterocycles. The van der Waals surface area contributed by atoms with E-state index < -0.39 is 6.36 Å². The molecule has 0 radical (unpaired) electrons. The van der Waals surface area contributed by atoms with E-state index in [0.29, 0.717) is 23.6 Å². The number of benzene rings is 1. The number of ether oxygens (including phenoxy) is 1. The zero-order chi connectivity index (χ0) is 20.7. The van der Waals surface area contributed by atoms with Gasteiger partial charge in [-0.05, 0) is 24.3 Å². The Morgan fingerprint density at radius 2 is 1.86 bits per heavy atom. The van der Waals surface area contributed by atoms with E-state index in [4.69, 9.17) is 5.11 Å². The highest BCUT2D eigenvalue weighted by Gasteiger charge is 2.31. The maximum absolute atomic E-state index is 12.5. The van der Waals surface area contributed by atoms with Gasteiger partial charge in [0.25, 0.3) is 0 Å². The molecule has 3 rings (SSSR count). The van der Waals surface area contributed by atoms with Crippen molar-refractivity contribution in [3.05, 3.63) is 60.4 Å². The van der Waals surface area contributed by atoms with Crippen molar-refractivity contribution >= 4 is 11.8 Å². The number of hydrogen-bond acceptors (Lipinski definition) is 7. The van der Waals surface area contributed by atoms with Crippen LogP contribution in [0.2, 0.25) is 0 Å². The number of halogens is 3. The fourth-order valence-electron chi connectivity index (χ4n) is 2.47. The lowest BCUT2D eigenvalue weighted by molar-refractivity contribution is -0.274. The van der Waals surface area contributed by atoms with Gasteiger partial charge in [0.2, 0.25) is 5.95 Å². The van der Waals surface area contributed by atoms with Crippen LogP contribution in [-0.2, 0) is 6.54 Å². The molecule has 0 saturated carbocycles. The first-order valence-electron chi connectivity index (χ1n) is 8.67. The fourth-order valence-corrected chi connectivity index (χ4v) is 2.47. The molecule has 0 saturated heterocycles. The van der Waals surface area contributed by atoms with E-state index in [2.05, 4.69) is 30.3 Å². The van der Waals surface area contributed by atoms with Crippen molar-refractivity contribution in [3.63, 3.8) is 0 Å². The summed E-state index contributed by atoms with van der Waals surface area (Å²) in [6.45, 7) is 0.494. The van der Waals surface area contributed by atoms with Crippen LogP contribution in [0.1, 0.15) is 5.69 Å². The summed E-state index contributed by atoms with van der Waals surface area (Å²) in [4.78, 5) is 12.8. The molecule has 0 atom stereocenters. The predicted octanol–water partition coefficient (Wildman–Crippen LogP) is 3.45. The van der Waals surface area contributed by atoms with Crippen LogP contribution in [0.25, 0.3) is 11.3 Å². The van der Waals surface area contributed by atoms with Crippen LogP contribution in [0, 0.1) is 0 Å². The van der Waals surface area contributed by atoms with Crippen molar-refractivity contribution in [1.82, 2.24) is 15.0 Å². The summed E-state index contributed by atoms with van der Waals surface area (Å²) in [6.07, 6.45) is -3.11. The largest absolute Gasteiger partial charge is 0.573 e. The van der Waals surface area contributed by atoms with E-state index in [1.807, 2.05) is 12.1 Å². The van der Waals surface area contributed by atoms with Crippen molar-refractivity contribution in [2.75, 3.05) is 23.8 Å². The molecule has 10 heteroatoms. The highest BCUT2D eigenvalue weighted by atomic mass is 19.4. The fraction of sp³-hybridized carbons (Fsp3) is 0.211. The average molecular weight is 405 g/mol. The second-order valence-electron chi connectivity index (χ2n) is 5.86. The lowest BCUT2D eigenvalue weighted by Crippen LogP contribution is -2.17. The van der Waals surface area contributed by atoms with Crippen molar-refractivity contribution in [2.24, 2.45) is 0 Å². The zero-order valence-electron chi connectivity index (χ0n) is 15.1. The van der Waals surface area contributed by atoms with E-state index >= 15 is 0 Å². The van der Waals surface area contributed by atoms with Crippen LogP contribution in [0.3, 0.4) is 0 Å². The third-order valence-electron chi connectivity index (χ3n) is 3.66. The summed E-state index contributed by atoms with van der Waals surface area (Å²) in [5.41, 5.74) is 1.59. The van der Waals surface area contributed by atoms with Gasteiger partial charge in [-0.25, -0.2) is 4.98 Å². The Bertz CT molecular complexity index is 939. The maximum Gasteiger partial charge on any atom is 0.573 e. The van der Waals surface area contributed by atoms with Gasteiger partial charge >= 0.3 is 6.36 Å². The third-order valence-corrected chi connectivity index (χ3v) is 3.66. The molecule has 0 spiro atoms. The van der Waals surface area contributed by atoms with Crippen molar-refractivity contribution in [2.45, 2.75) is 12.9 Å². The van der Waals surface area contributed by atoms with Crippen molar-refractivity contribution in [1.29, 1.82) is 0 Å². The number of aliphatic hydroxyl groups excluding tert-OH is 1. The minimum atomic E-state index is -4.78. The van der Waals surface area contributed by atoms with Crippen molar-refractivity contribution in [3.8, 4) is 17.0 Å². The zero-order valence-corrected chi connectivity index (χ0v) is 15.1. The minimum absolute atomic E-state index is 0.126. The summed E-state index contributed by atoms with van der Waals surface area (Å²) < 4.78 is 41.5. The Morgan fingerprint density at radius 1 is 1.00 bits per heavy atom. The third kappa shape index (κ3) is 6.32. The molecule has 1 aromatic carbocycles. The molecule has 3 N–H and O–H groups in total. The van der Waals surface area contributed by atoms with Gasteiger partial charge in [0.1, 0.15) is 11.6 Å². The standard InChI is InChI=1S/C19H18F3N5O2/c20-19(21,22)29-15-6-3-4-13(10-15)16-11-17(27-18(26-16)24-8-9-28)25-12-14-5-1-2-7-23-14/h1-7,10-11,28H,8-9,12H2,(H2,24,25,26,27). The summed E-state index contributed by atoms with van der Waals surface area (Å²) >= 11 is 0. The van der Waals surface area contributed by atoms with Gasteiger partial charge in [-0.15, -0.1) is 13.2 Å². The minimum Gasteiger partial charge on any atom is -0.406 e. The number of anilines is 2. The summed E-state index contributed by atoms with van der Waals surface area (Å²) in [7, 11) is 0. The van der Waals surface area contributed by atoms with Gasteiger partial charge in [-0.1, -0.05) is 18.2 Å². The Hall–Kier alpha value is -3.40. The molecule has 0 amide bonds. The molecular formula is C19H18F3N5O2. The van der Waals surface area contributed by atoms with E-state index in [1.54, 1.807) is 24.4 Å². The molecule has 0 aliphatic heterocycles. The molecule has 0 fully saturated rings. The smallest absolute Gasteiger partial charge is 0.406 e. The van der Waals surface area contributed by atoms with Crippen molar-refractivity contribution < 1.29 is 23.0 Å². The quantitative estimate of drug-likeness (QED) is 0.529. The van der Waals surface area contributed by atoms with Gasteiger partial charge in [0.15, 0.2) is 0 Å². The normalized spacial score (nSPS) is 11.2. The molecule has 2 heterocycles. The topological polar surface area (TPSA) is 92.2 Å². The SMILES string of the molecule is OCCNc1nc(NCc2ccccn2)cc(-c2cccc(OC(F)(F)F)c2)n1. The Balaban J connectivity index is 1.87.